The second kappa shape index (κ2) is 3.42. The van der Waals surface area contributed by atoms with Crippen molar-refractivity contribution in [1.29, 1.82) is 0 Å². The van der Waals surface area contributed by atoms with Crippen LogP contribution in [0.2, 0.25) is 5.02 Å². The van der Waals surface area contributed by atoms with Crippen molar-refractivity contribution in [2.75, 3.05) is 0 Å². The number of hydrogen-bond acceptors (Lipinski definition) is 2. The second-order valence-electron chi connectivity index (χ2n) is 3.15. The Bertz CT molecular complexity index is 462. The molecule has 2 rings (SSSR count). The van der Waals surface area contributed by atoms with Crippen molar-refractivity contribution < 1.29 is 0 Å². The third-order valence-corrected chi connectivity index (χ3v) is 2.22. The van der Waals surface area contributed by atoms with E-state index < -0.39 is 0 Å². The zero-order valence-electron chi connectivity index (χ0n) is 8.03. The summed E-state index contributed by atoms with van der Waals surface area (Å²) in [5.41, 5.74) is 2.80. The molecule has 0 saturated heterocycles. The number of aryl methyl sites for hydroxylation is 2. The molecule has 72 valence electrons. The number of nitrogens with zero attached hydrogens (tertiary/aromatic N) is 3. The summed E-state index contributed by atoms with van der Waals surface area (Å²) in [6, 6.07) is 5.57. The monoisotopic (exact) mass is 207 g/mol. The maximum atomic E-state index is 5.88. The molecule has 4 heteroatoms. The molecule has 0 amide bonds. The van der Waals surface area contributed by atoms with Crippen LogP contribution in [0.1, 0.15) is 5.69 Å². The molecule has 0 spiro atoms. The third kappa shape index (κ3) is 1.63. The number of halogens is 1. The smallest absolute Gasteiger partial charge is 0.0897 e. The molecule has 0 fully saturated rings. The lowest BCUT2D eigenvalue weighted by molar-refractivity contribution is 0.762. The van der Waals surface area contributed by atoms with Crippen LogP contribution in [-0.2, 0) is 7.05 Å². The van der Waals surface area contributed by atoms with Crippen molar-refractivity contribution in [1.82, 2.24) is 14.8 Å². The first-order chi connectivity index (χ1) is 6.66. The molecule has 3 nitrogen and oxygen atoms in total. The standard InChI is InChI=1S/C10H10ClN3/c1-7-5-10(14(2)13-7)9-6-8(11)3-4-12-9/h3-6H,1-2H3. The van der Waals surface area contributed by atoms with E-state index in [-0.39, 0.29) is 0 Å². The van der Waals surface area contributed by atoms with Crippen molar-refractivity contribution in [2.45, 2.75) is 6.92 Å². The van der Waals surface area contributed by atoms with Crippen LogP contribution in [0.5, 0.6) is 0 Å². The molecule has 0 radical (unpaired) electrons. The van der Waals surface area contributed by atoms with Gasteiger partial charge in [-0.2, -0.15) is 5.10 Å². The van der Waals surface area contributed by atoms with Gasteiger partial charge in [0.1, 0.15) is 0 Å². The van der Waals surface area contributed by atoms with Crippen LogP contribution < -0.4 is 0 Å². The fourth-order valence-electron chi connectivity index (χ4n) is 1.40. The summed E-state index contributed by atoms with van der Waals surface area (Å²) in [4.78, 5) is 4.24. The van der Waals surface area contributed by atoms with Crippen LogP contribution >= 0.6 is 11.6 Å². The van der Waals surface area contributed by atoms with E-state index in [9.17, 15) is 0 Å². The van der Waals surface area contributed by atoms with Crippen LogP contribution in [0.15, 0.2) is 24.4 Å². The lowest BCUT2D eigenvalue weighted by Crippen LogP contribution is -1.95. The van der Waals surface area contributed by atoms with Gasteiger partial charge in [0.2, 0.25) is 0 Å². The van der Waals surface area contributed by atoms with Gasteiger partial charge in [0.25, 0.3) is 0 Å². The molecule has 2 aromatic heterocycles. The highest BCUT2D eigenvalue weighted by molar-refractivity contribution is 6.30. The molecule has 0 aliphatic carbocycles. The van der Waals surface area contributed by atoms with Crippen molar-refractivity contribution >= 4 is 11.6 Å². The van der Waals surface area contributed by atoms with Crippen molar-refractivity contribution in [2.24, 2.45) is 7.05 Å². The Morgan fingerprint density at radius 1 is 1.36 bits per heavy atom. The van der Waals surface area contributed by atoms with Crippen LogP contribution in [0.3, 0.4) is 0 Å². The van der Waals surface area contributed by atoms with Gasteiger partial charge in [-0.05, 0) is 25.1 Å². The zero-order chi connectivity index (χ0) is 10.1. The van der Waals surface area contributed by atoms with Gasteiger partial charge in [-0.25, -0.2) is 0 Å². The van der Waals surface area contributed by atoms with E-state index in [4.69, 9.17) is 11.6 Å². The minimum absolute atomic E-state index is 0.689. The van der Waals surface area contributed by atoms with E-state index in [1.54, 1.807) is 16.9 Å². The average molecular weight is 208 g/mol. The Hall–Kier alpha value is -1.35. The minimum Gasteiger partial charge on any atom is -0.266 e. The molecule has 0 atom stereocenters. The van der Waals surface area contributed by atoms with Gasteiger partial charge >= 0.3 is 0 Å². The highest BCUT2D eigenvalue weighted by atomic mass is 35.5. The molecule has 0 bridgehead atoms. The highest BCUT2D eigenvalue weighted by Crippen LogP contribution is 2.20. The van der Waals surface area contributed by atoms with Crippen molar-refractivity contribution in [3.8, 4) is 11.4 Å². The number of rotatable bonds is 1. The minimum atomic E-state index is 0.689. The summed E-state index contributed by atoms with van der Waals surface area (Å²) in [5, 5.41) is 4.94. The predicted octanol–water partition coefficient (Wildman–Crippen LogP) is 2.44. The molecule has 2 aromatic rings. The Kier molecular flexibility index (Phi) is 2.25. The SMILES string of the molecule is Cc1cc(-c2cc(Cl)ccn2)n(C)n1. The van der Waals surface area contributed by atoms with Gasteiger partial charge in [0, 0.05) is 18.3 Å². The lowest BCUT2D eigenvalue weighted by atomic mass is 10.2. The van der Waals surface area contributed by atoms with E-state index >= 15 is 0 Å². The Balaban J connectivity index is 2.54. The van der Waals surface area contributed by atoms with Gasteiger partial charge < -0.3 is 0 Å². The quantitative estimate of drug-likeness (QED) is 0.719. The molecular weight excluding hydrogens is 198 g/mol. The molecular formula is C10H10ClN3. The molecule has 0 aliphatic heterocycles. The van der Waals surface area contributed by atoms with Crippen LogP contribution in [-0.4, -0.2) is 14.8 Å². The fraction of sp³-hybridized carbons (Fsp3) is 0.200. The molecule has 0 saturated carbocycles. The van der Waals surface area contributed by atoms with Gasteiger partial charge in [0.05, 0.1) is 17.1 Å². The summed E-state index contributed by atoms with van der Waals surface area (Å²) >= 11 is 5.88. The number of aromatic nitrogens is 3. The first-order valence-corrected chi connectivity index (χ1v) is 4.67. The summed E-state index contributed by atoms with van der Waals surface area (Å²) < 4.78 is 1.80. The van der Waals surface area contributed by atoms with E-state index in [0.29, 0.717) is 5.02 Å². The number of hydrogen-bond donors (Lipinski definition) is 0. The molecule has 0 unspecified atom stereocenters. The fourth-order valence-corrected chi connectivity index (χ4v) is 1.55. The normalized spacial score (nSPS) is 10.5. The number of pyridine rings is 1. The topological polar surface area (TPSA) is 30.7 Å². The first-order valence-electron chi connectivity index (χ1n) is 4.29. The van der Waals surface area contributed by atoms with Gasteiger partial charge in [0.15, 0.2) is 0 Å². The van der Waals surface area contributed by atoms with E-state index in [1.807, 2.05) is 26.1 Å². The van der Waals surface area contributed by atoms with Crippen LogP contribution in [0.4, 0.5) is 0 Å². The van der Waals surface area contributed by atoms with E-state index in [0.717, 1.165) is 17.1 Å². The summed E-state index contributed by atoms with van der Waals surface area (Å²) in [5.74, 6) is 0. The highest BCUT2D eigenvalue weighted by Gasteiger charge is 2.06. The molecule has 2 heterocycles. The van der Waals surface area contributed by atoms with Crippen LogP contribution in [0.25, 0.3) is 11.4 Å². The summed E-state index contributed by atoms with van der Waals surface area (Å²) in [6.07, 6.45) is 1.69. The zero-order valence-corrected chi connectivity index (χ0v) is 8.78. The average Bonchev–Trinajstić information content (AvgIpc) is 2.45. The van der Waals surface area contributed by atoms with Gasteiger partial charge in [-0.3, -0.25) is 9.67 Å². The summed E-state index contributed by atoms with van der Waals surface area (Å²) in [7, 11) is 1.89. The molecule has 0 aromatic carbocycles. The lowest BCUT2D eigenvalue weighted by Gasteiger charge is -2.00. The Morgan fingerprint density at radius 2 is 2.14 bits per heavy atom. The maximum Gasteiger partial charge on any atom is 0.0897 e. The molecule has 0 N–H and O–H groups in total. The van der Waals surface area contributed by atoms with Crippen LogP contribution in [0, 0.1) is 6.92 Å². The van der Waals surface area contributed by atoms with E-state index in [1.165, 1.54) is 0 Å². The second-order valence-corrected chi connectivity index (χ2v) is 3.59. The van der Waals surface area contributed by atoms with Crippen molar-refractivity contribution in [3.05, 3.63) is 35.1 Å². The summed E-state index contributed by atoms with van der Waals surface area (Å²) in [6.45, 7) is 1.95. The van der Waals surface area contributed by atoms with Gasteiger partial charge in [-0.15, -0.1) is 0 Å². The maximum absolute atomic E-state index is 5.88. The Morgan fingerprint density at radius 3 is 2.71 bits per heavy atom. The van der Waals surface area contributed by atoms with Gasteiger partial charge in [-0.1, -0.05) is 11.6 Å². The third-order valence-electron chi connectivity index (χ3n) is 1.99. The van der Waals surface area contributed by atoms with Crippen molar-refractivity contribution in [3.63, 3.8) is 0 Å². The largest absolute Gasteiger partial charge is 0.266 e. The first kappa shape index (κ1) is 9.21. The predicted molar refractivity (Wildman–Crippen MR) is 56.2 cm³/mol. The Labute approximate surface area is 87.3 Å². The van der Waals surface area contributed by atoms with E-state index in [2.05, 4.69) is 10.1 Å². The molecule has 0 aliphatic rings. The molecule has 14 heavy (non-hydrogen) atoms.